The summed E-state index contributed by atoms with van der Waals surface area (Å²) in [4.78, 5) is 45.3. The number of nitrogens with zero attached hydrogens (tertiary/aromatic N) is 6. The van der Waals surface area contributed by atoms with Crippen molar-refractivity contribution in [2.24, 2.45) is 5.92 Å². The minimum Gasteiger partial charge on any atom is -0.273 e. The SMILES string of the molecule is Cc1nn(CC(=O)NNC(=O)[C@@H](C)Cn2nc(C)c([N+](=O)[O-])c2C)c(C)c1[N+](=O)[O-]. The molecule has 0 saturated heterocycles. The van der Waals surface area contributed by atoms with Crippen molar-refractivity contribution in [1.82, 2.24) is 30.4 Å². The first-order valence-corrected chi connectivity index (χ1v) is 8.89. The first-order valence-electron chi connectivity index (χ1n) is 8.89. The van der Waals surface area contributed by atoms with Gasteiger partial charge in [0, 0.05) is 0 Å². The molecule has 2 N–H and O–H groups in total. The topological polar surface area (TPSA) is 180 Å². The van der Waals surface area contributed by atoms with E-state index in [4.69, 9.17) is 0 Å². The molecule has 0 saturated carbocycles. The monoisotopic (exact) mass is 422 g/mol. The van der Waals surface area contributed by atoms with Crippen molar-refractivity contribution in [2.45, 2.75) is 47.7 Å². The maximum atomic E-state index is 12.2. The summed E-state index contributed by atoms with van der Waals surface area (Å²) in [5.74, 6) is -1.81. The van der Waals surface area contributed by atoms with Crippen LogP contribution in [0.15, 0.2) is 0 Å². The lowest BCUT2D eigenvalue weighted by Gasteiger charge is -2.14. The minimum atomic E-state index is -0.655. The number of amides is 2. The number of hydrazine groups is 1. The molecule has 0 fully saturated rings. The smallest absolute Gasteiger partial charge is 0.273 e. The van der Waals surface area contributed by atoms with E-state index >= 15 is 0 Å². The molecule has 162 valence electrons. The molecule has 0 aliphatic rings. The largest absolute Gasteiger partial charge is 0.312 e. The Kier molecular flexibility index (Phi) is 6.49. The summed E-state index contributed by atoms with van der Waals surface area (Å²) in [6.07, 6.45) is 0. The van der Waals surface area contributed by atoms with Crippen LogP contribution in [0.2, 0.25) is 0 Å². The molecule has 0 aliphatic carbocycles. The molecule has 0 unspecified atom stereocenters. The van der Waals surface area contributed by atoms with Crippen molar-refractivity contribution in [2.75, 3.05) is 0 Å². The van der Waals surface area contributed by atoms with Gasteiger partial charge in [-0.05, 0) is 27.7 Å². The van der Waals surface area contributed by atoms with Gasteiger partial charge < -0.3 is 0 Å². The quantitative estimate of drug-likeness (QED) is 0.481. The number of carbonyl (C=O) groups excluding carboxylic acids is 2. The van der Waals surface area contributed by atoms with Crippen LogP contribution in [0.1, 0.15) is 29.7 Å². The highest BCUT2D eigenvalue weighted by atomic mass is 16.6. The number of carbonyl (C=O) groups is 2. The normalized spacial score (nSPS) is 11.8. The van der Waals surface area contributed by atoms with Crippen LogP contribution in [-0.2, 0) is 22.7 Å². The van der Waals surface area contributed by atoms with Crippen LogP contribution in [-0.4, -0.2) is 41.2 Å². The van der Waals surface area contributed by atoms with Crippen molar-refractivity contribution in [3.05, 3.63) is 43.0 Å². The molecule has 14 nitrogen and oxygen atoms in total. The van der Waals surface area contributed by atoms with E-state index in [-0.39, 0.29) is 41.5 Å². The zero-order chi connectivity index (χ0) is 22.7. The summed E-state index contributed by atoms with van der Waals surface area (Å²) in [7, 11) is 0. The van der Waals surface area contributed by atoms with Crippen LogP contribution in [0.3, 0.4) is 0 Å². The summed E-state index contributed by atoms with van der Waals surface area (Å²) >= 11 is 0. The Hall–Kier alpha value is -3.84. The van der Waals surface area contributed by atoms with Gasteiger partial charge in [-0.25, -0.2) is 0 Å². The van der Waals surface area contributed by atoms with Gasteiger partial charge in [0.2, 0.25) is 5.91 Å². The second-order valence-corrected chi connectivity index (χ2v) is 6.83. The summed E-state index contributed by atoms with van der Waals surface area (Å²) in [5, 5.41) is 30.1. The Morgan fingerprint density at radius 3 is 1.87 bits per heavy atom. The van der Waals surface area contributed by atoms with Crippen LogP contribution in [0.5, 0.6) is 0 Å². The van der Waals surface area contributed by atoms with Crippen LogP contribution in [0, 0.1) is 53.8 Å². The fraction of sp³-hybridized carbons (Fsp3) is 0.500. The average molecular weight is 422 g/mol. The highest BCUT2D eigenvalue weighted by Gasteiger charge is 2.25. The zero-order valence-electron chi connectivity index (χ0n) is 17.1. The highest BCUT2D eigenvalue weighted by molar-refractivity contribution is 5.83. The predicted molar refractivity (Wildman–Crippen MR) is 102 cm³/mol. The molecule has 30 heavy (non-hydrogen) atoms. The van der Waals surface area contributed by atoms with Crippen molar-refractivity contribution in [3.8, 4) is 0 Å². The number of hydrogen-bond acceptors (Lipinski definition) is 8. The van der Waals surface area contributed by atoms with Crippen LogP contribution >= 0.6 is 0 Å². The van der Waals surface area contributed by atoms with Gasteiger partial charge in [0.15, 0.2) is 0 Å². The third kappa shape index (κ3) is 4.59. The molecule has 0 radical (unpaired) electrons. The molecule has 2 aromatic heterocycles. The number of rotatable bonds is 7. The first-order chi connectivity index (χ1) is 13.9. The molecule has 2 amide bonds. The van der Waals surface area contributed by atoms with Crippen molar-refractivity contribution < 1.29 is 19.4 Å². The molecule has 2 heterocycles. The fourth-order valence-corrected chi connectivity index (χ4v) is 3.01. The molecular weight excluding hydrogens is 400 g/mol. The Morgan fingerprint density at radius 1 is 0.933 bits per heavy atom. The van der Waals surface area contributed by atoms with Gasteiger partial charge in [-0.3, -0.25) is 50.0 Å². The molecule has 0 aliphatic heterocycles. The van der Waals surface area contributed by atoms with Gasteiger partial charge in [0.25, 0.3) is 5.91 Å². The minimum absolute atomic E-state index is 0.0753. The summed E-state index contributed by atoms with van der Waals surface area (Å²) in [5.41, 5.74) is 5.19. The standard InChI is InChI=1S/C16H22N8O6/c1-8(6-21-11(4)14(23(27)28)9(2)19-21)16(26)18-17-13(25)7-22-12(5)15(24(29)30)10(3)20-22/h8H,6-7H2,1-5H3,(H,17,25)(H,18,26)/t8-/m0/s1. The lowest BCUT2D eigenvalue weighted by molar-refractivity contribution is -0.386. The average Bonchev–Trinajstić information content (AvgIpc) is 3.07. The maximum absolute atomic E-state index is 12.2. The molecule has 0 bridgehead atoms. The van der Waals surface area contributed by atoms with E-state index in [1.165, 1.54) is 37.1 Å². The Labute approximate surface area is 170 Å². The van der Waals surface area contributed by atoms with E-state index in [9.17, 15) is 29.8 Å². The highest BCUT2D eigenvalue weighted by Crippen LogP contribution is 2.23. The lowest BCUT2D eigenvalue weighted by atomic mass is 10.1. The Morgan fingerprint density at radius 2 is 1.40 bits per heavy atom. The van der Waals surface area contributed by atoms with Gasteiger partial charge in [0.05, 0.1) is 22.3 Å². The molecule has 0 spiro atoms. The zero-order valence-corrected chi connectivity index (χ0v) is 17.1. The van der Waals surface area contributed by atoms with Crippen molar-refractivity contribution in [1.29, 1.82) is 0 Å². The van der Waals surface area contributed by atoms with Gasteiger partial charge in [-0.2, -0.15) is 10.2 Å². The van der Waals surface area contributed by atoms with Gasteiger partial charge in [-0.1, -0.05) is 6.92 Å². The summed E-state index contributed by atoms with van der Waals surface area (Å²) in [6, 6.07) is 0. The number of aryl methyl sites for hydroxylation is 2. The van der Waals surface area contributed by atoms with Crippen LogP contribution < -0.4 is 10.9 Å². The van der Waals surface area contributed by atoms with Crippen LogP contribution in [0.4, 0.5) is 11.4 Å². The number of nitro groups is 2. The number of aromatic nitrogens is 4. The number of nitrogens with one attached hydrogen (secondary N) is 2. The molecular formula is C16H22N8O6. The Balaban J connectivity index is 1.95. The third-order valence-corrected chi connectivity index (χ3v) is 4.56. The molecule has 1 atom stereocenters. The van der Waals surface area contributed by atoms with Gasteiger partial charge in [0.1, 0.15) is 29.3 Å². The van der Waals surface area contributed by atoms with E-state index < -0.39 is 27.6 Å². The second kappa shape index (κ2) is 8.67. The Bertz CT molecular complexity index is 1020. The summed E-state index contributed by atoms with van der Waals surface area (Å²) in [6.45, 7) is 7.32. The molecule has 0 aromatic carbocycles. The predicted octanol–water partition coefficient (Wildman–Crippen LogP) is 0.613. The molecule has 2 rings (SSSR count). The molecule has 2 aromatic rings. The fourth-order valence-electron chi connectivity index (χ4n) is 3.01. The van der Waals surface area contributed by atoms with E-state index in [0.29, 0.717) is 5.69 Å². The second-order valence-electron chi connectivity index (χ2n) is 6.83. The third-order valence-electron chi connectivity index (χ3n) is 4.56. The number of hydrogen-bond donors (Lipinski definition) is 2. The van der Waals surface area contributed by atoms with Crippen molar-refractivity contribution in [3.63, 3.8) is 0 Å². The first kappa shape index (κ1) is 22.4. The molecule has 14 heteroatoms. The van der Waals surface area contributed by atoms with E-state index in [1.54, 1.807) is 6.92 Å². The summed E-state index contributed by atoms with van der Waals surface area (Å²) < 4.78 is 2.54. The van der Waals surface area contributed by atoms with E-state index in [1.807, 2.05) is 0 Å². The van der Waals surface area contributed by atoms with Gasteiger partial charge in [-0.15, -0.1) is 0 Å². The lowest BCUT2D eigenvalue weighted by Crippen LogP contribution is -2.46. The van der Waals surface area contributed by atoms with Gasteiger partial charge >= 0.3 is 11.4 Å². The maximum Gasteiger partial charge on any atom is 0.312 e. The van der Waals surface area contributed by atoms with E-state index in [0.717, 1.165) is 0 Å². The van der Waals surface area contributed by atoms with Crippen LogP contribution in [0.25, 0.3) is 0 Å². The van der Waals surface area contributed by atoms with Crippen molar-refractivity contribution >= 4 is 23.2 Å². The van der Waals surface area contributed by atoms with E-state index in [2.05, 4.69) is 21.0 Å².